The zero-order chi connectivity index (χ0) is 5.70. The Kier molecular flexibility index (Phi) is 5.32. The quantitative estimate of drug-likeness (QED) is 0.552. The fourth-order valence-electron chi connectivity index (χ4n) is 0.390. The molecule has 0 aromatic heterocycles. The molecule has 0 aliphatic heterocycles. The highest BCUT2D eigenvalue weighted by Crippen LogP contribution is 1.93. The molecule has 1 nitrogen and oxygen atoms in total. The molecule has 0 aliphatic rings. The normalized spacial score (nSPS) is 14.1. The number of hydrogen-bond acceptors (Lipinski definition) is 1. The van der Waals surface area contributed by atoms with Crippen molar-refractivity contribution in [3.8, 4) is 0 Å². The van der Waals surface area contributed by atoms with E-state index in [9.17, 15) is 0 Å². The van der Waals surface area contributed by atoms with Gasteiger partial charge in [-0.05, 0) is 13.5 Å². The summed E-state index contributed by atoms with van der Waals surface area (Å²) in [6.45, 7) is 2.19. The molecule has 0 heterocycles. The van der Waals surface area contributed by atoms with Crippen LogP contribution in [0.25, 0.3) is 0 Å². The van der Waals surface area contributed by atoms with Crippen LogP contribution in [0.15, 0.2) is 0 Å². The molecule has 0 saturated heterocycles. The molecule has 0 rings (SSSR count). The average molecular weight is 213 g/mol. The molecule has 0 amide bonds. The number of hydrogen-bond donors (Lipinski definition) is 1. The van der Waals surface area contributed by atoms with E-state index in [0.29, 0.717) is 0 Å². The van der Waals surface area contributed by atoms with E-state index in [0.717, 1.165) is 6.04 Å². The lowest BCUT2D eigenvalue weighted by atomic mass is 10.3. The minimum Gasteiger partial charge on any atom is -0.316 e. The second kappa shape index (κ2) is 4.84. The highest BCUT2D eigenvalue weighted by Gasteiger charge is 1.95. The van der Waals surface area contributed by atoms with Crippen LogP contribution in [0.3, 0.4) is 0 Å². The van der Waals surface area contributed by atoms with E-state index in [-0.39, 0.29) is 0 Å². The molecule has 0 fully saturated rings. The monoisotopic (exact) mass is 213 g/mol. The maximum atomic E-state index is 3.19. The van der Waals surface area contributed by atoms with Crippen LogP contribution in [-0.2, 0) is 0 Å². The Hall–Kier alpha value is 0.690. The summed E-state index contributed by atoms with van der Waals surface area (Å²) in [5.74, 6) is 0. The highest BCUT2D eigenvalue weighted by atomic mass is 127. The maximum absolute atomic E-state index is 3.19. The molecule has 0 saturated carbocycles. The first-order chi connectivity index (χ1) is 3.35. The molecular weight excluding hydrogens is 201 g/mol. The molecule has 0 aromatic carbocycles. The van der Waals surface area contributed by atoms with Gasteiger partial charge < -0.3 is 5.32 Å². The third-order valence-electron chi connectivity index (χ3n) is 1.09. The van der Waals surface area contributed by atoms with E-state index in [1.54, 1.807) is 0 Å². The van der Waals surface area contributed by atoms with Crippen LogP contribution in [0.5, 0.6) is 0 Å². The number of alkyl halides is 1. The van der Waals surface area contributed by atoms with Gasteiger partial charge in [0.15, 0.2) is 0 Å². The van der Waals surface area contributed by atoms with E-state index >= 15 is 0 Å². The van der Waals surface area contributed by atoms with Gasteiger partial charge in [0.1, 0.15) is 0 Å². The summed E-state index contributed by atoms with van der Waals surface area (Å²) in [6, 6.07) is 0.723. The Morgan fingerprint density at radius 1 is 1.71 bits per heavy atom. The summed E-state index contributed by atoms with van der Waals surface area (Å²) in [5.41, 5.74) is 0. The number of rotatable bonds is 3. The minimum absolute atomic E-state index is 0.723. The van der Waals surface area contributed by atoms with E-state index in [2.05, 4.69) is 34.8 Å². The van der Waals surface area contributed by atoms with Gasteiger partial charge in [0.2, 0.25) is 0 Å². The van der Waals surface area contributed by atoms with E-state index in [1.807, 2.05) is 7.05 Å². The lowest BCUT2D eigenvalue weighted by Gasteiger charge is -2.07. The highest BCUT2D eigenvalue weighted by molar-refractivity contribution is 14.1. The fraction of sp³-hybridized carbons (Fsp3) is 1.00. The van der Waals surface area contributed by atoms with Gasteiger partial charge in [0.05, 0.1) is 0 Å². The molecule has 0 spiro atoms. The zero-order valence-electron chi connectivity index (χ0n) is 4.87. The lowest BCUT2D eigenvalue weighted by molar-refractivity contribution is 0.608. The third kappa shape index (κ3) is 3.29. The predicted octanol–water partition coefficient (Wildman–Crippen LogP) is 1.42. The van der Waals surface area contributed by atoms with Crippen molar-refractivity contribution in [2.45, 2.75) is 19.4 Å². The van der Waals surface area contributed by atoms with Crippen LogP contribution in [0.4, 0.5) is 0 Å². The predicted molar refractivity (Wildman–Crippen MR) is 42.0 cm³/mol. The molecule has 1 N–H and O–H groups in total. The topological polar surface area (TPSA) is 12.0 Å². The number of nitrogens with one attached hydrogen (secondary N) is 1. The molecule has 2 heteroatoms. The molecule has 44 valence electrons. The Labute approximate surface area is 59.0 Å². The first-order valence-corrected chi connectivity index (χ1v) is 4.11. The lowest BCUT2D eigenvalue weighted by Crippen LogP contribution is -2.25. The molecule has 0 unspecified atom stereocenters. The third-order valence-corrected chi connectivity index (χ3v) is 2.15. The summed E-state index contributed by atoms with van der Waals surface area (Å²) in [7, 11) is 2.01. The summed E-state index contributed by atoms with van der Waals surface area (Å²) in [4.78, 5) is 0. The van der Waals surface area contributed by atoms with Gasteiger partial charge in [-0.2, -0.15) is 0 Å². The van der Waals surface area contributed by atoms with Crippen molar-refractivity contribution in [2.75, 3.05) is 11.5 Å². The van der Waals surface area contributed by atoms with Gasteiger partial charge in [-0.3, -0.25) is 0 Å². The Bertz CT molecular complexity index is 29.6. The van der Waals surface area contributed by atoms with Crippen LogP contribution >= 0.6 is 22.6 Å². The maximum Gasteiger partial charge on any atom is 0.0151 e. The Morgan fingerprint density at radius 2 is 2.29 bits per heavy atom. The zero-order valence-corrected chi connectivity index (χ0v) is 7.03. The molecule has 0 aromatic rings. The van der Waals surface area contributed by atoms with E-state index < -0.39 is 0 Å². The van der Waals surface area contributed by atoms with Crippen molar-refractivity contribution in [3.63, 3.8) is 0 Å². The second-order valence-corrected chi connectivity index (χ2v) is 2.43. The van der Waals surface area contributed by atoms with Gasteiger partial charge in [-0.15, -0.1) is 0 Å². The van der Waals surface area contributed by atoms with Gasteiger partial charge >= 0.3 is 0 Å². The fourth-order valence-corrected chi connectivity index (χ4v) is 1.45. The largest absolute Gasteiger partial charge is 0.316 e. The minimum atomic E-state index is 0.723. The molecule has 0 bridgehead atoms. The van der Waals surface area contributed by atoms with Crippen LogP contribution in [0, 0.1) is 0 Å². The molecule has 1 atom stereocenters. The van der Waals surface area contributed by atoms with Crippen molar-refractivity contribution >= 4 is 22.6 Å². The Balaban J connectivity index is 2.99. The van der Waals surface area contributed by atoms with Crippen molar-refractivity contribution in [3.05, 3.63) is 0 Å². The van der Waals surface area contributed by atoms with Crippen molar-refractivity contribution < 1.29 is 0 Å². The van der Waals surface area contributed by atoms with Crippen molar-refractivity contribution in [1.29, 1.82) is 0 Å². The first kappa shape index (κ1) is 7.69. The van der Waals surface area contributed by atoms with Crippen LogP contribution < -0.4 is 5.32 Å². The van der Waals surface area contributed by atoms with Gasteiger partial charge in [0, 0.05) is 10.5 Å². The molecule has 0 radical (unpaired) electrons. The van der Waals surface area contributed by atoms with Gasteiger partial charge in [-0.25, -0.2) is 0 Å². The smallest absolute Gasteiger partial charge is 0.0151 e. The number of halogens is 1. The van der Waals surface area contributed by atoms with E-state index in [1.165, 1.54) is 10.8 Å². The van der Waals surface area contributed by atoms with Gasteiger partial charge in [0.25, 0.3) is 0 Å². The van der Waals surface area contributed by atoms with Crippen LogP contribution in [0.1, 0.15) is 13.3 Å². The van der Waals surface area contributed by atoms with Crippen molar-refractivity contribution in [2.24, 2.45) is 0 Å². The van der Waals surface area contributed by atoms with Crippen LogP contribution in [0.2, 0.25) is 0 Å². The molecular formula is C5H12IN. The molecule has 7 heavy (non-hydrogen) atoms. The van der Waals surface area contributed by atoms with Crippen LogP contribution in [-0.4, -0.2) is 17.5 Å². The standard InChI is InChI=1S/C5H12IN/c1-3-5(4-6)7-2/h5,7H,3-4H2,1-2H3/t5-/m0/s1. The van der Waals surface area contributed by atoms with E-state index in [4.69, 9.17) is 0 Å². The first-order valence-electron chi connectivity index (χ1n) is 2.58. The summed E-state index contributed by atoms with van der Waals surface area (Å²) < 4.78 is 1.21. The summed E-state index contributed by atoms with van der Waals surface area (Å²) >= 11 is 2.39. The molecule has 0 aliphatic carbocycles. The average Bonchev–Trinajstić information content (AvgIpc) is 1.72. The second-order valence-electron chi connectivity index (χ2n) is 1.55. The Morgan fingerprint density at radius 3 is 2.29 bits per heavy atom. The van der Waals surface area contributed by atoms with Crippen molar-refractivity contribution in [1.82, 2.24) is 5.32 Å². The summed E-state index contributed by atoms with van der Waals surface area (Å²) in [6.07, 6.45) is 1.24. The SMILES string of the molecule is CC[C@@H](CI)NC. The summed E-state index contributed by atoms with van der Waals surface area (Å²) in [5, 5.41) is 3.19. The van der Waals surface area contributed by atoms with Gasteiger partial charge in [-0.1, -0.05) is 29.5 Å².